The summed E-state index contributed by atoms with van der Waals surface area (Å²) in [5.41, 5.74) is 3.90. The minimum Gasteiger partial charge on any atom is -0.368 e. The molecular weight excluding hydrogens is 338 g/mol. The van der Waals surface area contributed by atoms with Gasteiger partial charge < -0.3 is 14.7 Å². The van der Waals surface area contributed by atoms with Crippen LogP contribution in [0.1, 0.15) is 37.3 Å². The summed E-state index contributed by atoms with van der Waals surface area (Å²) in [6, 6.07) is 6.41. The monoisotopic (exact) mass is 371 g/mol. The van der Waals surface area contributed by atoms with E-state index in [2.05, 4.69) is 43.9 Å². The maximum absolute atomic E-state index is 12.8. The van der Waals surface area contributed by atoms with Gasteiger partial charge in [-0.2, -0.15) is 0 Å². The molecular formula is C22H33N3O2. The number of carbonyl (C=O) groups is 2. The molecule has 5 nitrogen and oxygen atoms in total. The van der Waals surface area contributed by atoms with Gasteiger partial charge >= 0.3 is 0 Å². The van der Waals surface area contributed by atoms with Gasteiger partial charge in [0, 0.05) is 45.5 Å². The van der Waals surface area contributed by atoms with Crippen LogP contribution in [0.25, 0.3) is 0 Å². The van der Waals surface area contributed by atoms with Crippen molar-refractivity contribution in [2.45, 2.75) is 40.0 Å². The Morgan fingerprint density at radius 2 is 1.81 bits per heavy atom. The topological polar surface area (TPSA) is 43.9 Å². The minimum absolute atomic E-state index is 0.0867. The largest absolute Gasteiger partial charge is 0.368 e. The van der Waals surface area contributed by atoms with Crippen molar-refractivity contribution in [1.29, 1.82) is 0 Å². The molecule has 0 aromatic heterocycles. The van der Waals surface area contributed by atoms with Crippen LogP contribution in [0.3, 0.4) is 0 Å². The number of rotatable bonds is 6. The average molecular weight is 372 g/mol. The number of aryl methyl sites for hydroxylation is 1. The van der Waals surface area contributed by atoms with Crippen molar-refractivity contribution >= 4 is 17.5 Å². The Kier molecular flexibility index (Phi) is 6.08. The molecule has 2 fully saturated rings. The molecule has 2 unspecified atom stereocenters. The highest BCUT2D eigenvalue weighted by Gasteiger charge is 2.50. The smallest absolute Gasteiger partial charge is 0.226 e. The molecule has 0 spiro atoms. The van der Waals surface area contributed by atoms with Crippen molar-refractivity contribution in [2.75, 3.05) is 44.7 Å². The van der Waals surface area contributed by atoms with E-state index in [4.69, 9.17) is 0 Å². The first-order valence-corrected chi connectivity index (χ1v) is 10.3. The normalized spacial score (nSPS) is 21.9. The average Bonchev–Trinajstić information content (AvgIpc) is 3.48. The number of anilines is 1. The molecule has 0 radical (unpaired) electrons. The van der Waals surface area contributed by atoms with E-state index in [-0.39, 0.29) is 23.7 Å². The number of carbonyl (C=O) groups excluding carboxylic acids is 2. The maximum Gasteiger partial charge on any atom is 0.226 e. The molecule has 1 aromatic carbocycles. The molecule has 148 valence electrons. The van der Waals surface area contributed by atoms with E-state index < -0.39 is 0 Å². The fourth-order valence-corrected chi connectivity index (χ4v) is 4.01. The number of nitrogens with zero attached hydrogens (tertiary/aromatic N) is 3. The Morgan fingerprint density at radius 1 is 1.11 bits per heavy atom. The standard InChI is InChI=1S/C22H33N3O2/c1-5-6-10-23(4)21(26)18-15-19(18)22(27)25-13-11-24(12-14-25)20-9-7-8-16(2)17(20)3/h7-9,18-19H,5-6,10-15H2,1-4H3. The molecule has 2 amide bonds. The van der Waals surface area contributed by atoms with E-state index >= 15 is 0 Å². The summed E-state index contributed by atoms with van der Waals surface area (Å²) in [6.07, 6.45) is 2.83. The van der Waals surface area contributed by atoms with Crippen LogP contribution in [0, 0.1) is 25.7 Å². The number of hydrogen-bond donors (Lipinski definition) is 0. The second-order valence-electron chi connectivity index (χ2n) is 8.09. The van der Waals surface area contributed by atoms with Crippen molar-refractivity contribution in [1.82, 2.24) is 9.80 Å². The van der Waals surface area contributed by atoms with Crippen molar-refractivity contribution < 1.29 is 9.59 Å². The van der Waals surface area contributed by atoms with Gasteiger partial charge in [0.15, 0.2) is 0 Å². The molecule has 27 heavy (non-hydrogen) atoms. The molecule has 1 saturated carbocycles. The van der Waals surface area contributed by atoms with Crippen molar-refractivity contribution in [3.8, 4) is 0 Å². The zero-order chi connectivity index (χ0) is 19.6. The number of hydrogen-bond acceptors (Lipinski definition) is 3. The first kappa shape index (κ1) is 19.7. The molecule has 0 N–H and O–H groups in total. The Labute approximate surface area is 163 Å². The molecule has 0 bridgehead atoms. The lowest BCUT2D eigenvalue weighted by Crippen LogP contribution is -2.49. The highest BCUT2D eigenvalue weighted by atomic mass is 16.2. The molecule has 1 heterocycles. The fraction of sp³-hybridized carbons (Fsp3) is 0.636. The van der Waals surface area contributed by atoms with Gasteiger partial charge in [0.2, 0.25) is 11.8 Å². The molecule has 2 atom stereocenters. The molecule has 1 saturated heterocycles. The van der Waals surface area contributed by atoms with Gasteiger partial charge in [-0.25, -0.2) is 0 Å². The predicted molar refractivity (Wildman–Crippen MR) is 109 cm³/mol. The summed E-state index contributed by atoms with van der Waals surface area (Å²) in [7, 11) is 1.86. The quantitative estimate of drug-likeness (QED) is 0.772. The zero-order valence-electron chi connectivity index (χ0n) is 17.2. The summed E-state index contributed by atoms with van der Waals surface area (Å²) in [4.78, 5) is 31.4. The Hall–Kier alpha value is -2.04. The number of piperazine rings is 1. The predicted octanol–water partition coefficient (Wildman–Crippen LogP) is 2.85. The van der Waals surface area contributed by atoms with Crippen molar-refractivity contribution in [3.63, 3.8) is 0 Å². The van der Waals surface area contributed by atoms with Crippen LogP contribution in [-0.4, -0.2) is 61.4 Å². The van der Waals surface area contributed by atoms with E-state index in [0.717, 1.165) is 52.0 Å². The Morgan fingerprint density at radius 3 is 2.48 bits per heavy atom. The van der Waals surface area contributed by atoms with Crippen LogP contribution in [0.4, 0.5) is 5.69 Å². The molecule has 3 rings (SSSR count). The lowest BCUT2D eigenvalue weighted by Gasteiger charge is -2.37. The van der Waals surface area contributed by atoms with Gasteiger partial charge in [-0.1, -0.05) is 25.5 Å². The van der Waals surface area contributed by atoms with Crippen molar-refractivity contribution in [2.24, 2.45) is 11.8 Å². The van der Waals surface area contributed by atoms with Gasteiger partial charge in [-0.05, 0) is 43.9 Å². The Balaban J connectivity index is 1.51. The van der Waals surface area contributed by atoms with Gasteiger partial charge in [0.1, 0.15) is 0 Å². The van der Waals surface area contributed by atoms with Crippen LogP contribution in [0.2, 0.25) is 0 Å². The van der Waals surface area contributed by atoms with Crippen LogP contribution in [0.5, 0.6) is 0 Å². The van der Waals surface area contributed by atoms with Crippen LogP contribution >= 0.6 is 0 Å². The molecule has 5 heteroatoms. The van der Waals surface area contributed by atoms with E-state index in [0.29, 0.717) is 0 Å². The molecule has 1 aliphatic heterocycles. The van der Waals surface area contributed by atoms with Crippen LogP contribution in [-0.2, 0) is 9.59 Å². The van der Waals surface area contributed by atoms with Crippen molar-refractivity contribution in [3.05, 3.63) is 29.3 Å². The maximum atomic E-state index is 12.8. The molecule has 2 aliphatic rings. The van der Waals surface area contributed by atoms with Gasteiger partial charge in [-0.15, -0.1) is 0 Å². The summed E-state index contributed by atoms with van der Waals surface area (Å²) in [5.74, 6) is 0.152. The first-order valence-electron chi connectivity index (χ1n) is 10.3. The third-order valence-corrected chi connectivity index (χ3v) is 6.16. The second kappa shape index (κ2) is 8.32. The number of unbranched alkanes of at least 4 members (excludes halogenated alkanes) is 1. The second-order valence-corrected chi connectivity index (χ2v) is 8.09. The summed E-state index contributed by atoms with van der Waals surface area (Å²) >= 11 is 0. The lowest BCUT2D eigenvalue weighted by molar-refractivity contribution is -0.137. The van der Waals surface area contributed by atoms with Gasteiger partial charge in [-0.3, -0.25) is 9.59 Å². The summed E-state index contributed by atoms with van der Waals surface area (Å²) < 4.78 is 0. The summed E-state index contributed by atoms with van der Waals surface area (Å²) in [5, 5.41) is 0. The highest BCUT2D eigenvalue weighted by Crippen LogP contribution is 2.41. The molecule has 1 aliphatic carbocycles. The van der Waals surface area contributed by atoms with Gasteiger partial charge in [0.05, 0.1) is 11.8 Å². The molecule has 1 aromatic rings. The number of benzene rings is 1. The third kappa shape index (κ3) is 4.28. The van der Waals surface area contributed by atoms with E-state index in [9.17, 15) is 9.59 Å². The highest BCUT2D eigenvalue weighted by molar-refractivity contribution is 5.92. The number of amides is 2. The van der Waals surface area contributed by atoms with E-state index in [1.807, 2.05) is 11.9 Å². The zero-order valence-corrected chi connectivity index (χ0v) is 17.2. The minimum atomic E-state index is -0.0890. The third-order valence-electron chi connectivity index (χ3n) is 6.16. The Bertz CT molecular complexity index is 695. The van der Waals surface area contributed by atoms with E-state index in [1.54, 1.807) is 4.90 Å². The van der Waals surface area contributed by atoms with Gasteiger partial charge in [0.25, 0.3) is 0 Å². The lowest BCUT2D eigenvalue weighted by atomic mass is 10.1. The van der Waals surface area contributed by atoms with Crippen LogP contribution in [0.15, 0.2) is 18.2 Å². The van der Waals surface area contributed by atoms with E-state index in [1.165, 1.54) is 16.8 Å². The fourth-order valence-electron chi connectivity index (χ4n) is 4.01. The SMILES string of the molecule is CCCCN(C)C(=O)C1CC1C(=O)N1CCN(c2cccc(C)c2C)CC1. The first-order chi connectivity index (χ1) is 12.9. The summed E-state index contributed by atoms with van der Waals surface area (Å²) in [6.45, 7) is 10.4. The van der Waals surface area contributed by atoms with Crippen LogP contribution < -0.4 is 4.90 Å².